The molecule has 5 heteroatoms. The highest BCUT2D eigenvalue weighted by Crippen LogP contribution is 2.27. The number of rotatable bonds is 4. The first-order valence-corrected chi connectivity index (χ1v) is 6.90. The summed E-state index contributed by atoms with van der Waals surface area (Å²) in [5, 5.41) is 0.466. The predicted molar refractivity (Wildman–Crippen MR) is 75.0 cm³/mol. The average molecular weight is 287 g/mol. The van der Waals surface area contributed by atoms with E-state index in [0.717, 1.165) is 13.1 Å². The third kappa shape index (κ3) is 3.26. The van der Waals surface area contributed by atoms with Crippen molar-refractivity contribution in [2.24, 2.45) is 5.73 Å². The van der Waals surface area contributed by atoms with Gasteiger partial charge in [-0.3, -0.25) is 4.90 Å². The third-order valence-corrected chi connectivity index (χ3v) is 4.19. The first-order valence-electron chi connectivity index (χ1n) is 6.52. The van der Waals surface area contributed by atoms with Crippen molar-refractivity contribution in [3.63, 3.8) is 0 Å². The molecule has 0 aliphatic carbocycles. The minimum Gasteiger partial charge on any atom is -0.379 e. The largest absolute Gasteiger partial charge is 0.379 e. The van der Waals surface area contributed by atoms with Crippen LogP contribution < -0.4 is 5.73 Å². The summed E-state index contributed by atoms with van der Waals surface area (Å²) in [6.07, 6.45) is 0.509. The van der Waals surface area contributed by atoms with Gasteiger partial charge in [0.05, 0.1) is 13.2 Å². The summed E-state index contributed by atoms with van der Waals surface area (Å²) >= 11 is 6.11. The maximum atomic E-state index is 13.9. The molecule has 0 spiro atoms. The fraction of sp³-hybridized carbons (Fsp3) is 0.571. The van der Waals surface area contributed by atoms with Crippen molar-refractivity contribution in [2.75, 3.05) is 32.8 Å². The van der Waals surface area contributed by atoms with Crippen molar-refractivity contribution in [2.45, 2.75) is 18.9 Å². The molecule has 3 nitrogen and oxygen atoms in total. The van der Waals surface area contributed by atoms with Crippen molar-refractivity contribution in [3.8, 4) is 0 Å². The summed E-state index contributed by atoms with van der Waals surface area (Å²) in [4.78, 5) is 2.26. The van der Waals surface area contributed by atoms with Gasteiger partial charge in [0.2, 0.25) is 0 Å². The molecule has 1 saturated heterocycles. The van der Waals surface area contributed by atoms with Crippen LogP contribution in [0.4, 0.5) is 4.39 Å². The summed E-state index contributed by atoms with van der Waals surface area (Å²) in [6.45, 7) is 5.54. The lowest BCUT2D eigenvalue weighted by atomic mass is 9.90. The molecule has 1 fully saturated rings. The molecule has 0 amide bonds. The molecule has 19 heavy (non-hydrogen) atoms. The number of hydrogen-bond acceptors (Lipinski definition) is 3. The van der Waals surface area contributed by atoms with Gasteiger partial charge in [-0.15, -0.1) is 0 Å². The smallest absolute Gasteiger partial charge is 0.127 e. The van der Waals surface area contributed by atoms with E-state index in [2.05, 4.69) is 11.8 Å². The molecule has 1 aliphatic heterocycles. The van der Waals surface area contributed by atoms with Crippen molar-refractivity contribution >= 4 is 11.6 Å². The van der Waals surface area contributed by atoms with Gasteiger partial charge in [-0.05, 0) is 25.5 Å². The topological polar surface area (TPSA) is 38.5 Å². The Morgan fingerprint density at radius 2 is 2.11 bits per heavy atom. The molecule has 1 unspecified atom stereocenters. The van der Waals surface area contributed by atoms with Gasteiger partial charge in [0.1, 0.15) is 5.82 Å². The van der Waals surface area contributed by atoms with Crippen LogP contribution in [-0.2, 0) is 11.2 Å². The Morgan fingerprint density at radius 1 is 1.42 bits per heavy atom. The number of benzene rings is 1. The number of halogens is 2. The number of ether oxygens (including phenoxy) is 1. The number of hydrogen-bond donors (Lipinski definition) is 1. The number of nitrogens with two attached hydrogens (primary N) is 1. The van der Waals surface area contributed by atoms with Crippen molar-refractivity contribution in [1.82, 2.24) is 4.90 Å². The molecule has 0 saturated carbocycles. The third-order valence-electron chi connectivity index (χ3n) is 3.83. The molecular formula is C14H20ClFN2O. The van der Waals surface area contributed by atoms with Gasteiger partial charge in [-0.1, -0.05) is 17.7 Å². The lowest BCUT2D eigenvalue weighted by Gasteiger charge is -2.43. The molecular weight excluding hydrogens is 267 g/mol. The summed E-state index contributed by atoms with van der Waals surface area (Å²) in [6, 6.07) is 4.78. The first kappa shape index (κ1) is 14.7. The standard InChI is InChI=1S/C14H20ClFN2O/c1-14(10-17,18-5-7-19-8-6-18)9-11-12(15)3-2-4-13(11)16/h2-4H,5-10,17H2,1H3. The van der Waals surface area contributed by atoms with E-state index in [1.54, 1.807) is 12.1 Å². The van der Waals surface area contributed by atoms with E-state index in [4.69, 9.17) is 22.1 Å². The van der Waals surface area contributed by atoms with Crippen LogP contribution >= 0.6 is 11.6 Å². The highest BCUT2D eigenvalue weighted by atomic mass is 35.5. The molecule has 0 bridgehead atoms. The van der Waals surface area contributed by atoms with Crippen LogP contribution in [0.25, 0.3) is 0 Å². The zero-order valence-electron chi connectivity index (χ0n) is 11.2. The maximum absolute atomic E-state index is 13.9. The van der Waals surface area contributed by atoms with Crippen LogP contribution in [0.2, 0.25) is 5.02 Å². The molecule has 106 valence electrons. The van der Waals surface area contributed by atoms with E-state index in [-0.39, 0.29) is 11.4 Å². The summed E-state index contributed by atoms with van der Waals surface area (Å²) in [5.74, 6) is -0.263. The fourth-order valence-corrected chi connectivity index (χ4v) is 2.73. The molecule has 2 rings (SSSR count). The highest BCUT2D eigenvalue weighted by molar-refractivity contribution is 6.31. The SMILES string of the molecule is CC(CN)(Cc1c(F)cccc1Cl)N1CCOCC1. The van der Waals surface area contributed by atoms with E-state index in [1.165, 1.54) is 6.07 Å². The molecule has 1 heterocycles. The van der Waals surface area contributed by atoms with E-state index >= 15 is 0 Å². The van der Waals surface area contributed by atoms with Gasteiger partial charge in [-0.2, -0.15) is 0 Å². The van der Waals surface area contributed by atoms with Gasteiger partial charge in [0.25, 0.3) is 0 Å². The molecule has 2 N–H and O–H groups in total. The normalized spacial score (nSPS) is 20.2. The average Bonchev–Trinajstić information content (AvgIpc) is 2.44. The van der Waals surface area contributed by atoms with Crippen LogP contribution in [0.3, 0.4) is 0 Å². The second-order valence-corrected chi connectivity index (χ2v) is 5.58. The monoisotopic (exact) mass is 286 g/mol. The van der Waals surface area contributed by atoms with Crippen molar-refractivity contribution < 1.29 is 9.13 Å². The van der Waals surface area contributed by atoms with E-state index < -0.39 is 0 Å². The van der Waals surface area contributed by atoms with E-state index in [9.17, 15) is 4.39 Å². The van der Waals surface area contributed by atoms with E-state index in [1.807, 2.05) is 0 Å². The molecule has 0 radical (unpaired) electrons. The first-order chi connectivity index (χ1) is 9.07. The van der Waals surface area contributed by atoms with Crippen LogP contribution in [-0.4, -0.2) is 43.3 Å². The Kier molecular flexibility index (Phi) is 4.79. The molecule has 1 aromatic carbocycles. The Morgan fingerprint density at radius 3 is 2.68 bits per heavy atom. The van der Waals surface area contributed by atoms with Crippen LogP contribution in [0, 0.1) is 5.82 Å². The van der Waals surface area contributed by atoms with Crippen LogP contribution in [0.5, 0.6) is 0 Å². The number of morpholine rings is 1. The van der Waals surface area contributed by atoms with Crippen LogP contribution in [0.15, 0.2) is 18.2 Å². The zero-order valence-corrected chi connectivity index (χ0v) is 11.9. The van der Waals surface area contributed by atoms with Gasteiger partial charge < -0.3 is 10.5 Å². The minimum absolute atomic E-state index is 0.263. The van der Waals surface area contributed by atoms with Gasteiger partial charge >= 0.3 is 0 Å². The maximum Gasteiger partial charge on any atom is 0.127 e. The molecule has 1 aliphatic rings. The summed E-state index contributed by atoms with van der Waals surface area (Å²) in [7, 11) is 0. The Labute approximate surface area is 118 Å². The molecule has 1 aromatic rings. The van der Waals surface area contributed by atoms with E-state index in [0.29, 0.717) is 36.8 Å². The lowest BCUT2D eigenvalue weighted by Crippen LogP contribution is -2.57. The van der Waals surface area contributed by atoms with Crippen molar-refractivity contribution in [3.05, 3.63) is 34.6 Å². The van der Waals surface area contributed by atoms with Gasteiger partial charge in [0.15, 0.2) is 0 Å². The molecule has 0 aromatic heterocycles. The Balaban J connectivity index is 2.22. The second kappa shape index (κ2) is 6.18. The fourth-order valence-electron chi connectivity index (χ4n) is 2.50. The van der Waals surface area contributed by atoms with Gasteiger partial charge in [-0.25, -0.2) is 4.39 Å². The lowest BCUT2D eigenvalue weighted by molar-refractivity contribution is -0.0134. The zero-order chi connectivity index (χ0) is 13.9. The second-order valence-electron chi connectivity index (χ2n) is 5.18. The summed E-state index contributed by atoms with van der Waals surface area (Å²) in [5.41, 5.74) is 6.19. The quantitative estimate of drug-likeness (QED) is 0.921. The van der Waals surface area contributed by atoms with Gasteiger partial charge in [0, 0.05) is 35.8 Å². The van der Waals surface area contributed by atoms with Crippen LogP contribution in [0.1, 0.15) is 12.5 Å². The predicted octanol–water partition coefficient (Wildman–Crippen LogP) is 2.07. The molecule has 1 atom stereocenters. The Bertz CT molecular complexity index is 417. The highest BCUT2D eigenvalue weighted by Gasteiger charge is 2.33. The van der Waals surface area contributed by atoms with Crippen molar-refractivity contribution in [1.29, 1.82) is 0 Å². The number of nitrogens with zero attached hydrogens (tertiary/aromatic N) is 1. The minimum atomic E-state index is -0.296. The Hall–Kier alpha value is -0.680. The summed E-state index contributed by atoms with van der Waals surface area (Å²) < 4.78 is 19.3.